The van der Waals surface area contributed by atoms with Gasteiger partial charge in [0.15, 0.2) is 5.69 Å². The maximum atomic E-state index is 10.0. The number of nitrogens with zero attached hydrogens (tertiary/aromatic N) is 2. The fraction of sp³-hybridized carbons (Fsp3) is 0.0625. The minimum atomic E-state index is -0.0382. The molecule has 0 bridgehead atoms. The highest BCUT2D eigenvalue weighted by Crippen LogP contribution is 2.37. The number of nitrogens with one attached hydrogen (secondary N) is 2. The van der Waals surface area contributed by atoms with Crippen LogP contribution < -0.4 is 5.32 Å². The van der Waals surface area contributed by atoms with E-state index in [1.54, 1.807) is 0 Å². The van der Waals surface area contributed by atoms with Gasteiger partial charge in [0.25, 0.3) is 0 Å². The van der Waals surface area contributed by atoms with Gasteiger partial charge in [0.2, 0.25) is 11.0 Å². The van der Waals surface area contributed by atoms with Crippen LogP contribution in [0.4, 0.5) is 11.4 Å². The predicted octanol–water partition coefficient (Wildman–Crippen LogP) is 5.43. The fourth-order valence-corrected chi connectivity index (χ4v) is 2.66. The summed E-state index contributed by atoms with van der Waals surface area (Å²) >= 11 is 8.61. The second-order valence-electron chi connectivity index (χ2n) is 4.97. The normalized spacial score (nSPS) is 11.2. The molecule has 1 aromatic heterocycles. The second-order valence-corrected chi connectivity index (χ2v) is 6.21. The number of hydrogen-bond acceptors (Lipinski definition) is 3. The Morgan fingerprint density at radius 3 is 2.74 bits per heavy atom. The van der Waals surface area contributed by atoms with E-state index in [1.165, 1.54) is 0 Å². The lowest BCUT2D eigenvalue weighted by atomic mass is 10.1. The second kappa shape index (κ2) is 6.47. The van der Waals surface area contributed by atoms with E-state index in [0.717, 1.165) is 26.6 Å². The first-order valence-electron chi connectivity index (χ1n) is 6.83. The summed E-state index contributed by atoms with van der Waals surface area (Å²) in [4.78, 5) is 2.88. The molecule has 116 valence electrons. The van der Waals surface area contributed by atoms with Gasteiger partial charge in [0.1, 0.15) is 0 Å². The van der Waals surface area contributed by atoms with Gasteiger partial charge in [-0.15, -0.1) is 10.2 Å². The average molecular weight is 389 g/mol. The highest BCUT2D eigenvalue weighted by Gasteiger charge is 2.12. The molecule has 0 amide bonds. The number of anilines is 1. The van der Waals surface area contributed by atoms with Crippen molar-refractivity contribution in [3.05, 3.63) is 52.5 Å². The van der Waals surface area contributed by atoms with E-state index in [1.807, 2.05) is 49.4 Å². The van der Waals surface area contributed by atoms with Gasteiger partial charge in [-0.25, -0.2) is 0 Å². The van der Waals surface area contributed by atoms with Crippen LogP contribution in [0.3, 0.4) is 0 Å². The van der Waals surface area contributed by atoms with E-state index in [0.29, 0.717) is 5.69 Å². The molecule has 2 aromatic carbocycles. The van der Waals surface area contributed by atoms with E-state index >= 15 is 0 Å². The zero-order valence-corrected chi connectivity index (χ0v) is 14.6. The summed E-state index contributed by atoms with van der Waals surface area (Å²) in [7, 11) is 0. The molecule has 0 radical (unpaired) electrons. The van der Waals surface area contributed by atoms with E-state index < -0.39 is 0 Å². The number of benzene rings is 2. The number of aromatic hydroxyl groups is 1. The third-order valence-electron chi connectivity index (χ3n) is 3.30. The molecule has 23 heavy (non-hydrogen) atoms. The smallest absolute Gasteiger partial charge is 0.218 e. The van der Waals surface area contributed by atoms with Crippen LogP contribution in [0.15, 0.2) is 57.2 Å². The third-order valence-corrected chi connectivity index (χ3v) is 4.34. The molecule has 3 rings (SSSR count). The SMILES string of the molecule is Cc1cc2c(N=NC(=S)Nc3ccccc3)c(O)[nH]c2cc1Br. The van der Waals surface area contributed by atoms with Crippen molar-refractivity contribution in [2.45, 2.75) is 6.92 Å². The number of aryl methyl sites for hydroxylation is 1. The van der Waals surface area contributed by atoms with Gasteiger partial charge in [-0.3, -0.25) is 0 Å². The molecule has 0 saturated heterocycles. The van der Waals surface area contributed by atoms with Crippen molar-refractivity contribution in [1.82, 2.24) is 4.98 Å². The predicted molar refractivity (Wildman–Crippen MR) is 99.6 cm³/mol. The molecule has 0 aliphatic rings. The Hall–Kier alpha value is -2.25. The van der Waals surface area contributed by atoms with Crippen molar-refractivity contribution >= 4 is 55.5 Å². The Kier molecular flexibility index (Phi) is 4.40. The molecule has 3 aromatic rings. The van der Waals surface area contributed by atoms with Gasteiger partial charge in [0.05, 0.1) is 5.52 Å². The average Bonchev–Trinajstić information content (AvgIpc) is 2.81. The largest absolute Gasteiger partial charge is 0.493 e. The minimum absolute atomic E-state index is 0.0382. The zero-order valence-electron chi connectivity index (χ0n) is 12.2. The molecule has 0 aliphatic heterocycles. The van der Waals surface area contributed by atoms with Crippen molar-refractivity contribution in [2.75, 3.05) is 5.32 Å². The van der Waals surface area contributed by atoms with Crippen LogP contribution in [0.5, 0.6) is 5.88 Å². The first-order chi connectivity index (χ1) is 11.0. The number of halogens is 1. The van der Waals surface area contributed by atoms with Crippen LogP contribution in [0.2, 0.25) is 0 Å². The quantitative estimate of drug-likeness (QED) is 0.405. The maximum Gasteiger partial charge on any atom is 0.218 e. The third kappa shape index (κ3) is 3.40. The summed E-state index contributed by atoms with van der Waals surface area (Å²) in [5, 5.41) is 22.1. The maximum absolute atomic E-state index is 10.0. The van der Waals surface area contributed by atoms with Gasteiger partial charge >= 0.3 is 0 Å². The number of fused-ring (bicyclic) bond motifs is 1. The fourth-order valence-electron chi connectivity index (χ4n) is 2.16. The Morgan fingerprint density at radius 2 is 2.00 bits per heavy atom. The molecule has 0 atom stereocenters. The van der Waals surface area contributed by atoms with Crippen LogP contribution in [-0.4, -0.2) is 15.2 Å². The molecule has 1 heterocycles. The summed E-state index contributed by atoms with van der Waals surface area (Å²) in [6.07, 6.45) is 0. The number of thiocarbonyl (C=S) groups is 1. The first-order valence-corrected chi connectivity index (χ1v) is 8.03. The molecule has 0 aliphatic carbocycles. The van der Waals surface area contributed by atoms with E-state index in [4.69, 9.17) is 12.2 Å². The Labute approximate surface area is 146 Å². The van der Waals surface area contributed by atoms with Gasteiger partial charge in [-0.05, 0) is 49.0 Å². The van der Waals surface area contributed by atoms with Gasteiger partial charge in [-0.1, -0.05) is 34.1 Å². The lowest BCUT2D eigenvalue weighted by molar-refractivity contribution is 0.459. The number of aromatic amines is 1. The number of H-pyrrole nitrogens is 1. The number of rotatable bonds is 2. The monoisotopic (exact) mass is 388 g/mol. The summed E-state index contributed by atoms with van der Waals surface area (Å²) in [5.41, 5.74) is 3.01. The van der Waals surface area contributed by atoms with E-state index in [9.17, 15) is 5.11 Å². The van der Waals surface area contributed by atoms with Crippen molar-refractivity contribution < 1.29 is 5.11 Å². The minimum Gasteiger partial charge on any atom is -0.493 e. The lowest BCUT2D eigenvalue weighted by Gasteiger charge is -2.01. The van der Waals surface area contributed by atoms with Gasteiger partial charge in [-0.2, -0.15) is 0 Å². The van der Waals surface area contributed by atoms with Crippen molar-refractivity contribution in [3.8, 4) is 5.88 Å². The number of aromatic nitrogens is 1. The lowest BCUT2D eigenvalue weighted by Crippen LogP contribution is -2.04. The topological polar surface area (TPSA) is 72.8 Å². The number of azo groups is 1. The van der Waals surface area contributed by atoms with Gasteiger partial charge in [0, 0.05) is 15.5 Å². The zero-order chi connectivity index (χ0) is 16.4. The molecular weight excluding hydrogens is 376 g/mol. The van der Waals surface area contributed by atoms with Gasteiger partial charge < -0.3 is 15.4 Å². The van der Waals surface area contributed by atoms with Crippen LogP contribution in [0, 0.1) is 6.92 Å². The Morgan fingerprint density at radius 1 is 1.26 bits per heavy atom. The van der Waals surface area contributed by atoms with Crippen LogP contribution >= 0.6 is 28.1 Å². The molecule has 0 unspecified atom stereocenters. The molecule has 0 fully saturated rings. The summed E-state index contributed by atoms with van der Waals surface area (Å²) in [6, 6.07) is 13.3. The van der Waals surface area contributed by atoms with Crippen molar-refractivity contribution in [2.24, 2.45) is 10.2 Å². The van der Waals surface area contributed by atoms with Crippen LogP contribution in [-0.2, 0) is 0 Å². The summed E-state index contributed by atoms with van der Waals surface area (Å²) in [6.45, 7) is 1.97. The highest BCUT2D eigenvalue weighted by atomic mass is 79.9. The number of para-hydroxylation sites is 1. The molecule has 3 N–H and O–H groups in total. The van der Waals surface area contributed by atoms with E-state index in [-0.39, 0.29) is 11.0 Å². The van der Waals surface area contributed by atoms with Crippen molar-refractivity contribution in [3.63, 3.8) is 0 Å². The summed E-state index contributed by atoms with van der Waals surface area (Å²) < 4.78 is 0.955. The molecule has 0 saturated carbocycles. The number of hydrogen-bond donors (Lipinski definition) is 3. The molecular formula is C16H13BrN4OS. The van der Waals surface area contributed by atoms with Crippen molar-refractivity contribution in [1.29, 1.82) is 0 Å². The Balaban J connectivity index is 1.87. The highest BCUT2D eigenvalue weighted by molar-refractivity contribution is 9.10. The molecule has 7 heteroatoms. The molecule has 0 spiro atoms. The summed E-state index contributed by atoms with van der Waals surface area (Å²) in [5.74, 6) is -0.0382. The van der Waals surface area contributed by atoms with E-state index in [2.05, 4.69) is 36.5 Å². The first kappa shape index (κ1) is 15.6. The standard InChI is InChI=1S/C16H13BrN4OS/c1-9-7-11-13(8-12(9)17)19-15(22)14(11)20-21-16(23)18-10-5-3-2-4-6-10/h2-8,19,22H,1H3,(H,18,23). The van der Waals surface area contributed by atoms with Crippen LogP contribution in [0.1, 0.15) is 5.56 Å². The Bertz CT molecular complexity index is 905. The molecule has 5 nitrogen and oxygen atoms in total. The van der Waals surface area contributed by atoms with Crippen LogP contribution in [0.25, 0.3) is 10.9 Å².